The van der Waals surface area contributed by atoms with Crippen LogP contribution in [-0.2, 0) is 35.5 Å². The summed E-state index contributed by atoms with van der Waals surface area (Å²) in [7, 11) is 0. The van der Waals surface area contributed by atoms with Gasteiger partial charge in [0.15, 0.2) is 0 Å². The summed E-state index contributed by atoms with van der Waals surface area (Å²) < 4.78 is 7.43. The smallest absolute Gasteiger partial charge is 0.306 e. The Labute approximate surface area is 275 Å². The van der Waals surface area contributed by atoms with Gasteiger partial charge in [-0.2, -0.15) is 0 Å². The minimum Gasteiger partial charge on any atom is -0.466 e. The van der Waals surface area contributed by atoms with Crippen LogP contribution in [0.4, 0.5) is 0 Å². The number of nitrogens with zero attached hydrogens (tertiary/aromatic N) is 5. The van der Waals surface area contributed by atoms with Gasteiger partial charge in [-0.25, -0.2) is 9.97 Å². The van der Waals surface area contributed by atoms with Crippen LogP contribution in [0.2, 0.25) is 0 Å². The predicted molar refractivity (Wildman–Crippen MR) is 181 cm³/mol. The molecule has 2 aromatic heterocycles. The summed E-state index contributed by atoms with van der Waals surface area (Å²) in [4.78, 5) is 30.1. The maximum Gasteiger partial charge on any atom is 0.306 e. The van der Waals surface area contributed by atoms with Crippen LogP contribution in [-0.4, -0.2) is 80.7 Å². The van der Waals surface area contributed by atoms with E-state index in [1.165, 1.54) is 83.1 Å². The number of aryl methyl sites for hydroxylation is 2. The highest BCUT2D eigenvalue weighted by Crippen LogP contribution is 2.41. The number of likely N-dealkylation sites (tertiary alicyclic amines) is 2. The van der Waals surface area contributed by atoms with Crippen molar-refractivity contribution in [1.29, 1.82) is 0 Å². The Morgan fingerprint density at radius 1 is 1.07 bits per heavy atom. The molecule has 46 heavy (non-hydrogen) atoms. The highest BCUT2D eigenvalue weighted by atomic mass is 16.5. The van der Waals surface area contributed by atoms with Gasteiger partial charge in [-0.05, 0) is 94.6 Å². The van der Waals surface area contributed by atoms with Crippen molar-refractivity contribution in [3.8, 4) is 0 Å². The molecule has 1 saturated carbocycles. The van der Waals surface area contributed by atoms with Gasteiger partial charge in [0.05, 0.1) is 12.6 Å². The first-order valence-corrected chi connectivity index (χ1v) is 18.0. The highest BCUT2D eigenvalue weighted by molar-refractivity contribution is 5.69. The molecule has 0 bridgehead atoms. The Morgan fingerprint density at radius 2 is 1.89 bits per heavy atom. The van der Waals surface area contributed by atoms with Crippen molar-refractivity contribution in [3.05, 3.63) is 71.8 Å². The van der Waals surface area contributed by atoms with Gasteiger partial charge in [-0.15, -0.1) is 0 Å². The zero-order chi connectivity index (χ0) is 31.6. The number of imidazole rings is 2. The Kier molecular flexibility index (Phi) is 11.6. The largest absolute Gasteiger partial charge is 0.466 e. The first kappa shape index (κ1) is 32.9. The Balaban J connectivity index is 0.973. The van der Waals surface area contributed by atoms with Crippen molar-refractivity contribution in [2.75, 3.05) is 39.3 Å². The molecule has 6 rings (SSSR count). The summed E-state index contributed by atoms with van der Waals surface area (Å²) in [6.07, 6.45) is 22.1. The number of nitrogens with one attached hydrogen (secondary N) is 2. The molecular formula is C37H55N7O2. The van der Waals surface area contributed by atoms with E-state index in [2.05, 4.69) is 60.1 Å². The molecule has 2 N–H and O–H groups in total. The zero-order valence-corrected chi connectivity index (χ0v) is 28.0. The second-order valence-corrected chi connectivity index (χ2v) is 14.0. The van der Waals surface area contributed by atoms with E-state index in [9.17, 15) is 4.79 Å². The number of esters is 1. The van der Waals surface area contributed by atoms with E-state index in [0.717, 1.165) is 49.2 Å². The van der Waals surface area contributed by atoms with Crippen molar-refractivity contribution in [2.45, 2.75) is 109 Å². The first-order valence-electron chi connectivity index (χ1n) is 18.0. The summed E-state index contributed by atoms with van der Waals surface area (Å²) in [6.45, 7) is 10.3. The van der Waals surface area contributed by atoms with Crippen LogP contribution in [0.1, 0.15) is 99.9 Å². The third-order valence-corrected chi connectivity index (χ3v) is 10.8. The van der Waals surface area contributed by atoms with Gasteiger partial charge in [0, 0.05) is 63.3 Å². The van der Waals surface area contributed by atoms with Crippen LogP contribution in [0.5, 0.6) is 0 Å². The van der Waals surface area contributed by atoms with Crippen molar-refractivity contribution < 1.29 is 9.53 Å². The number of carbonyl (C=O) groups excluding carboxylic acids is 1. The van der Waals surface area contributed by atoms with Gasteiger partial charge in [0.25, 0.3) is 0 Å². The maximum absolute atomic E-state index is 11.8. The van der Waals surface area contributed by atoms with Gasteiger partial charge in [0.2, 0.25) is 0 Å². The number of aromatic nitrogens is 4. The molecule has 2 aliphatic heterocycles. The number of aromatic amines is 1. The van der Waals surface area contributed by atoms with E-state index < -0.39 is 0 Å². The lowest BCUT2D eigenvalue weighted by atomic mass is 9.77. The van der Waals surface area contributed by atoms with Crippen molar-refractivity contribution in [2.24, 2.45) is 5.41 Å². The summed E-state index contributed by atoms with van der Waals surface area (Å²) in [5.74, 6) is 1.86. The predicted octanol–water partition coefficient (Wildman–Crippen LogP) is 5.69. The zero-order valence-electron chi connectivity index (χ0n) is 28.0. The maximum atomic E-state index is 11.8. The average molecular weight is 630 g/mol. The molecule has 1 spiro atoms. The summed E-state index contributed by atoms with van der Waals surface area (Å²) in [6, 6.07) is 9.33. The normalized spacial score (nSPS) is 19.9. The number of hydrogen-bond acceptors (Lipinski definition) is 7. The van der Waals surface area contributed by atoms with E-state index >= 15 is 0 Å². The molecule has 0 amide bonds. The standard InChI is InChI=1S/C37H55N7O2/c1-2-46-35(45)13-12-30-8-6-9-31(26-30)28-41-33(36-39-17-18-40-36)27-34-38-19-25-44(34)21-7-20-42-22-14-37(29-42)15-23-43(24-16-37)32-10-4-3-5-11-32/h6,8-9,17-19,25-26,32-33,41H,2-5,7,10-16,20-24,27-29H2,1H3,(H,39,40). The number of carbonyl (C=O) groups is 1. The van der Waals surface area contributed by atoms with Gasteiger partial charge in [-0.1, -0.05) is 43.5 Å². The molecule has 4 heterocycles. The summed E-state index contributed by atoms with van der Waals surface area (Å²) in [5, 5.41) is 3.72. The number of piperidine rings is 1. The topological polar surface area (TPSA) is 91.3 Å². The molecule has 3 aromatic rings. The van der Waals surface area contributed by atoms with Crippen LogP contribution < -0.4 is 5.32 Å². The molecule has 1 aliphatic carbocycles. The van der Waals surface area contributed by atoms with Crippen molar-refractivity contribution in [3.63, 3.8) is 0 Å². The third-order valence-electron chi connectivity index (χ3n) is 10.8. The van der Waals surface area contributed by atoms with Crippen LogP contribution >= 0.6 is 0 Å². The van der Waals surface area contributed by atoms with E-state index in [-0.39, 0.29) is 12.0 Å². The first-order chi connectivity index (χ1) is 22.6. The highest BCUT2D eigenvalue weighted by Gasteiger charge is 2.41. The SMILES string of the molecule is CCOC(=O)CCc1cccc(CNC(Cc2nccn2CCCN2CCC3(CCN(C4CCCCC4)CC3)C2)c2ncc[nH]2)c1. The lowest BCUT2D eigenvalue weighted by Crippen LogP contribution is -2.46. The molecule has 1 aromatic carbocycles. The van der Waals surface area contributed by atoms with Gasteiger partial charge in [0.1, 0.15) is 11.6 Å². The third kappa shape index (κ3) is 8.87. The van der Waals surface area contributed by atoms with E-state index in [0.29, 0.717) is 31.4 Å². The fraction of sp³-hybridized carbons (Fsp3) is 0.649. The molecular weight excluding hydrogens is 574 g/mol. The molecule has 2 saturated heterocycles. The number of H-pyrrole nitrogens is 1. The van der Waals surface area contributed by atoms with Crippen molar-refractivity contribution in [1.82, 2.24) is 34.6 Å². The lowest BCUT2D eigenvalue weighted by Gasteiger charge is -2.44. The number of benzene rings is 1. The lowest BCUT2D eigenvalue weighted by molar-refractivity contribution is -0.143. The minimum absolute atomic E-state index is 0.0113. The second-order valence-electron chi connectivity index (χ2n) is 14.0. The number of ether oxygens (including phenoxy) is 1. The quantitative estimate of drug-likeness (QED) is 0.209. The number of hydrogen-bond donors (Lipinski definition) is 2. The summed E-state index contributed by atoms with van der Waals surface area (Å²) >= 11 is 0. The van der Waals surface area contributed by atoms with E-state index in [1.807, 2.05) is 25.5 Å². The van der Waals surface area contributed by atoms with Crippen LogP contribution in [0, 0.1) is 5.41 Å². The van der Waals surface area contributed by atoms with Crippen LogP contribution in [0.3, 0.4) is 0 Å². The van der Waals surface area contributed by atoms with Gasteiger partial charge >= 0.3 is 5.97 Å². The Bertz CT molecular complexity index is 1340. The Hall–Kier alpha value is -3.01. The molecule has 1 atom stereocenters. The van der Waals surface area contributed by atoms with Crippen molar-refractivity contribution >= 4 is 5.97 Å². The number of rotatable bonds is 15. The monoisotopic (exact) mass is 629 g/mol. The molecule has 1 unspecified atom stereocenters. The second kappa shape index (κ2) is 16.2. The molecule has 9 heteroatoms. The Morgan fingerprint density at radius 3 is 2.70 bits per heavy atom. The fourth-order valence-electron chi connectivity index (χ4n) is 8.17. The molecule has 3 fully saturated rings. The van der Waals surface area contributed by atoms with Gasteiger partial charge in [-0.3, -0.25) is 4.79 Å². The molecule has 3 aliphatic rings. The molecule has 250 valence electrons. The van der Waals surface area contributed by atoms with Crippen LogP contribution in [0.15, 0.2) is 49.1 Å². The summed E-state index contributed by atoms with van der Waals surface area (Å²) in [5.41, 5.74) is 2.89. The molecule has 0 radical (unpaired) electrons. The van der Waals surface area contributed by atoms with Gasteiger partial charge < -0.3 is 29.4 Å². The van der Waals surface area contributed by atoms with E-state index in [4.69, 9.17) is 9.72 Å². The molecule has 9 nitrogen and oxygen atoms in total. The van der Waals surface area contributed by atoms with Crippen LogP contribution in [0.25, 0.3) is 0 Å². The fourth-order valence-corrected chi connectivity index (χ4v) is 8.17. The van der Waals surface area contributed by atoms with E-state index in [1.54, 1.807) is 0 Å². The average Bonchev–Trinajstić information content (AvgIpc) is 3.86. The minimum atomic E-state index is -0.144.